The summed E-state index contributed by atoms with van der Waals surface area (Å²) >= 11 is 0. The van der Waals surface area contributed by atoms with Gasteiger partial charge in [0.05, 0.1) is 11.0 Å². The number of hydrogen-bond donors (Lipinski definition) is 0. The average Bonchev–Trinajstić information content (AvgIpc) is 3.09. The van der Waals surface area contributed by atoms with Gasteiger partial charge in [-0.25, -0.2) is 4.98 Å². The second kappa shape index (κ2) is 7.56. The number of aromatic nitrogens is 2. The minimum Gasteiger partial charge on any atom is -0.324 e. The Morgan fingerprint density at radius 2 is 1.70 bits per heavy atom. The van der Waals surface area contributed by atoms with Gasteiger partial charge in [0.25, 0.3) is 0 Å². The summed E-state index contributed by atoms with van der Waals surface area (Å²) in [5.41, 5.74) is 5.04. The van der Waals surface area contributed by atoms with Crippen molar-refractivity contribution < 1.29 is 0 Å². The van der Waals surface area contributed by atoms with Crippen LogP contribution < -0.4 is 0 Å². The summed E-state index contributed by atoms with van der Waals surface area (Å²) in [6, 6.07) is 21.9. The zero-order valence-corrected chi connectivity index (χ0v) is 16.6. The zero-order chi connectivity index (χ0) is 18.8. The monoisotopic (exact) mass is 356 g/mol. The fourth-order valence-electron chi connectivity index (χ4n) is 3.95. The summed E-state index contributed by atoms with van der Waals surface area (Å²) in [6.45, 7) is 7.82. The van der Waals surface area contributed by atoms with Crippen LogP contribution >= 0.6 is 0 Å². The van der Waals surface area contributed by atoms with Crippen LogP contribution in [0.4, 0.5) is 0 Å². The molecule has 3 aromatic carbocycles. The Hall–Kier alpha value is -2.61. The maximum Gasteiger partial charge on any atom is 0.141 e. The SMILES string of the molecule is CCCCn1c(-c2cccc3ccccc23)nc2c(C(C)CC)cccc21. The van der Waals surface area contributed by atoms with Gasteiger partial charge in [-0.2, -0.15) is 0 Å². The van der Waals surface area contributed by atoms with Crippen LogP contribution in [0.15, 0.2) is 60.7 Å². The van der Waals surface area contributed by atoms with E-state index in [1.807, 2.05) is 0 Å². The van der Waals surface area contributed by atoms with Crippen LogP contribution in [0.1, 0.15) is 51.5 Å². The molecule has 0 saturated carbocycles. The van der Waals surface area contributed by atoms with E-state index in [0.717, 1.165) is 25.2 Å². The molecule has 27 heavy (non-hydrogen) atoms. The topological polar surface area (TPSA) is 17.8 Å². The number of para-hydroxylation sites is 1. The summed E-state index contributed by atoms with van der Waals surface area (Å²) < 4.78 is 2.44. The zero-order valence-electron chi connectivity index (χ0n) is 16.6. The van der Waals surface area contributed by atoms with E-state index in [9.17, 15) is 0 Å². The molecule has 0 saturated heterocycles. The summed E-state index contributed by atoms with van der Waals surface area (Å²) in [5, 5.41) is 2.55. The van der Waals surface area contributed by atoms with Gasteiger partial charge in [-0.15, -0.1) is 0 Å². The number of benzene rings is 3. The molecule has 2 heteroatoms. The molecule has 0 aliphatic rings. The molecule has 0 N–H and O–H groups in total. The van der Waals surface area contributed by atoms with E-state index in [4.69, 9.17) is 4.98 Å². The molecule has 4 rings (SSSR count). The second-order valence-electron chi connectivity index (χ2n) is 7.49. The van der Waals surface area contributed by atoms with Crippen molar-refractivity contribution >= 4 is 21.8 Å². The van der Waals surface area contributed by atoms with E-state index in [1.54, 1.807) is 0 Å². The number of fused-ring (bicyclic) bond motifs is 2. The first kappa shape index (κ1) is 17.8. The van der Waals surface area contributed by atoms with Gasteiger partial charge in [-0.3, -0.25) is 0 Å². The highest BCUT2D eigenvalue weighted by atomic mass is 15.1. The van der Waals surface area contributed by atoms with Gasteiger partial charge in [0.2, 0.25) is 0 Å². The first-order valence-corrected chi connectivity index (χ1v) is 10.2. The Morgan fingerprint density at radius 1 is 0.926 bits per heavy atom. The van der Waals surface area contributed by atoms with Crippen molar-refractivity contribution in [2.24, 2.45) is 0 Å². The molecule has 0 spiro atoms. The molecule has 1 unspecified atom stereocenters. The first-order valence-electron chi connectivity index (χ1n) is 10.2. The fourth-order valence-corrected chi connectivity index (χ4v) is 3.95. The Labute approximate surface area is 161 Å². The first-order chi connectivity index (χ1) is 13.2. The molecule has 1 atom stereocenters. The van der Waals surface area contributed by atoms with E-state index in [1.165, 1.54) is 39.4 Å². The predicted octanol–water partition coefficient (Wildman–Crippen LogP) is 7.17. The van der Waals surface area contributed by atoms with Crippen LogP contribution in [0, 0.1) is 0 Å². The molecular formula is C25H28N2. The Balaban J connectivity index is 2.01. The highest BCUT2D eigenvalue weighted by Crippen LogP contribution is 2.34. The summed E-state index contributed by atoms with van der Waals surface area (Å²) in [7, 11) is 0. The number of aryl methyl sites for hydroxylation is 1. The van der Waals surface area contributed by atoms with Crippen molar-refractivity contribution in [3.63, 3.8) is 0 Å². The van der Waals surface area contributed by atoms with Gasteiger partial charge in [0.15, 0.2) is 0 Å². The molecular weight excluding hydrogens is 328 g/mol. The van der Waals surface area contributed by atoms with Crippen LogP contribution in [0.25, 0.3) is 33.2 Å². The molecule has 0 radical (unpaired) electrons. The van der Waals surface area contributed by atoms with Crippen LogP contribution in [0.5, 0.6) is 0 Å². The Bertz CT molecular complexity index is 1070. The molecule has 0 fully saturated rings. The van der Waals surface area contributed by atoms with Crippen molar-refractivity contribution in [1.82, 2.24) is 9.55 Å². The minimum atomic E-state index is 0.517. The van der Waals surface area contributed by atoms with Crippen molar-refractivity contribution in [1.29, 1.82) is 0 Å². The van der Waals surface area contributed by atoms with Crippen LogP contribution in [-0.4, -0.2) is 9.55 Å². The van der Waals surface area contributed by atoms with Crippen LogP contribution in [0.2, 0.25) is 0 Å². The van der Waals surface area contributed by atoms with E-state index in [-0.39, 0.29) is 0 Å². The third kappa shape index (κ3) is 3.14. The maximum absolute atomic E-state index is 5.22. The molecule has 4 aromatic rings. The van der Waals surface area contributed by atoms with Gasteiger partial charge in [-0.1, -0.05) is 81.8 Å². The van der Waals surface area contributed by atoms with Gasteiger partial charge < -0.3 is 4.57 Å². The summed E-state index contributed by atoms with van der Waals surface area (Å²) in [5.74, 6) is 1.62. The lowest BCUT2D eigenvalue weighted by Gasteiger charge is -2.11. The molecule has 0 aliphatic heterocycles. The van der Waals surface area contributed by atoms with Crippen LogP contribution in [0.3, 0.4) is 0 Å². The standard InChI is InChI=1S/C25H28N2/c1-4-6-17-27-23-16-10-14-20(18(3)5-2)24(23)26-25(27)22-15-9-12-19-11-7-8-13-21(19)22/h7-16,18H,4-6,17H2,1-3H3. The number of nitrogens with zero attached hydrogens (tertiary/aromatic N) is 2. The molecule has 0 amide bonds. The molecule has 2 nitrogen and oxygen atoms in total. The summed E-state index contributed by atoms with van der Waals surface area (Å²) in [6.07, 6.45) is 3.47. The number of rotatable bonds is 6. The molecule has 1 aromatic heterocycles. The van der Waals surface area contributed by atoms with Crippen molar-refractivity contribution in [2.45, 2.75) is 52.5 Å². The fraction of sp³-hybridized carbons (Fsp3) is 0.320. The number of hydrogen-bond acceptors (Lipinski definition) is 1. The molecule has 138 valence electrons. The Kier molecular flexibility index (Phi) is 4.98. The van der Waals surface area contributed by atoms with Crippen molar-refractivity contribution in [3.8, 4) is 11.4 Å². The lowest BCUT2D eigenvalue weighted by Crippen LogP contribution is -2.01. The second-order valence-corrected chi connectivity index (χ2v) is 7.49. The smallest absolute Gasteiger partial charge is 0.141 e. The molecule has 1 heterocycles. The van der Waals surface area contributed by atoms with Gasteiger partial charge in [-0.05, 0) is 41.2 Å². The minimum absolute atomic E-state index is 0.517. The third-order valence-corrected chi connectivity index (χ3v) is 5.72. The average molecular weight is 357 g/mol. The normalized spacial score (nSPS) is 12.7. The number of imidazole rings is 1. The van der Waals surface area contributed by atoms with E-state index in [2.05, 4.69) is 86.0 Å². The molecule has 0 aliphatic carbocycles. The predicted molar refractivity (Wildman–Crippen MR) is 116 cm³/mol. The van der Waals surface area contributed by atoms with Crippen molar-refractivity contribution in [2.75, 3.05) is 0 Å². The van der Waals surface area contributed by atoms with E-state index in [0.29, 0.717) is 5.92 Å². The highest BCUT2D eigenvalue weighted by molar-refractivity contribution is 5.97. The largest absolute Gasteiger partial charge is 0.324 e. The maximum atomic E-state index is 5.22. The summed E-state index contributed by atoms with van der Waals surface area (Å²) in [4.78, 5) is 5.22. The highest BCUT2D eigenvalue weighted by Gasteiger charge is 2.18. The van der Waals surface area contributed by atoms with Gasteiger partial charge in [0.1, 0.15) is 5.82 Å². The third-order valence-electron chi connectivity index (χ3n) is 5.72. The molecule has 0 bridgehead atoms. The van der Waals surface area contributed by atoms with Crippen molar-refractivity contribution in [3.05, 3.63) is 66.2 Å². The quantitative estimate of drug-likeness (QED) is 0.358. The van der Waals surface area contributed by atoms with E-state index < -0.39 is 0 Å². The lowest BCUT2D eigenvalue weighted by molar-refractivity contribution is 0.651. The van der Waals surface area contributed by atoms with E-state index >= 15 is 0 Å². The van der Waals surface area contributed by atoms with Gasteiger partial charge in [0, 0.05) is 12.1 Å². The lowest BCUT2D eigenvalue weighted by atomic mass is 9.97. The van der Waals surface area contributed by atoms with Crippen LogP contribution in [-0.2, 0) is 6.54 Å². The van der Waals surface area contributed by atoms with Gasteiger partial charge >= 0.3 is 0 Å². The number of unbranched alkanes of at least 4 members (excludes halogenated alkanes) is 1. The Morgan fingerprint density at radius 3 is 2.52 bits per heavy atom.